The third kappa shape index (κ3) is 4.85. The van der Waals surface area contributed by atoms with Crippen LogP contribution in [0.25, 0.3) is 11.4 Å². The molecule has 0 aliphatic heterocycles. The second-order valence-corrected chi connectivity index (χ2v) is 9.72. The zero-order valence-corrected chi connectivity index (χ0v) is 19.6. The highest BCUT2D eigenvalue weighted by atomic mass is 127. The van der Waals surface area contributed by atoms with Gasteiger partial charge in [-0.2, -0.15) is 4.80 Å². The maximum Gasteiger partial charge on any atom is 0.207 e. The number of sulfone groups is 1. The molecule has 3 aromatic carbocycles. The molecule has 8 nitrogen and oxygen atoms in total. The van der Waals surface area contributed by atoms with Crippen LogP contribution in [0.3, 0.4) is 0 Å². The first kappa shape index (κ1) is 21.2. The van der Waals surface area contributed by atoms with Crippen LogP contribution in [0.1, 0.15) is 0 Å². The third-order valence-electron chi connectivity index (χ3n) is 4.40. The summed E-state index contributed by atoms with van der Waals surface area (Å²) < 4.78 is 31.9. The molecule has 0 amide bonds. The van der Waals surface area contributed by atoms with Crippen LogP contribution in [0, 0.1) is 0 Å². The van der Waals surface area contributed by atoms with E-state index in [1.807, 2.05) is 57.7 Å². The molecule has 0 atom stereocenters. The molecule has 0 unspecified atom stereocenters. The van der Waals surface area contributed by atoms with E-state index in [0.29, 0.717) is 17.1 Å². The van der Waals surface area contributed by atoms with Crippen LogP contribution in [-0.2, 0) is 16.9 Å². The first-order valence-corrected chi connectivity index (χ1v) is 12.0. The van der Waals surface area contributed by atoms with Gasteiger partial charge in [0.2, 0.25) is 5.82 Å². The minimum atomic E-state index is -3.39. The van der Waals surface area contributed by atoms with Crippen molar-refractivity contribution in [2.24, 2.45) is 7.05 Å². The van der Waals surface area contributed by atoms with E-state index >= 15 is 0 Å². The van der Waals surface area contributed by atoms with Crippen molar-refractivity contribution in [1.29, 1.82) is 0 Å². The summed E-state index contributed by atoms with van der Waals surface area (Å²) in [7, 11) is -1.73. The number of hydrogen-bond acceptors (Lipinski definition) is 7. The lowest BCUT2D eigenvalue weighted by molar-refractivity contribution is 0.483. The van der Waals surface area contributed by atoms with Crippen LogP contribution in [0.5, 0.6) is 11.5 Å². The van der Waals surface area contributed by atoms with Gasteiger partial charge in [0.15, 0.2) is 9.84 Å². The van der Waals surface area contributed by atoms with Gasteiger partial charge in [-0.1, -0.05) is 18.2 Å². The molecule has 0 N–H and O–H groups in total. The van der Waals surface area contributed by atoms with E-state index in [1.165, 1.54) is 11.1 Å². The third-order valence-corrected chi connectivity index (χ3v) is 6.59. The Bertz CT molecular complexity index is 1310. The van der Waals surface area contributed by atoms with Crippen molar-refractivity contribution in [1.82, 2.24) is 20.2 Å². The molecule has 0 aliphatic carbocycles. The molecule has 31 heavy (non-hydrogen) atoms. The van der Waals surface area contributed by atoms with Crippen LogP contribution in [0.2, 0.25) is 0 Å². The molecule has 1 aromatic heterocycles. The second kappa shape index (κ2) is 8.63. The van der Waals surface area contributed by atoms with Crippen molar-refractivity contribution in [3.05, 3.63) is 72.8 Å². The molecule has 4 aromatic rings. The fourth-order valence-electron chi connectivity index (χ4n) is 2.90. The van der Waals surface area contributed by atoms with Gasteiger partial charge in [0, 0.05) is 11.8 Å². The lowest BCUT2D eigenvalue weighted by atomic mass is 10.1. The summed E-state index contributed by atoms with van der Waals surface area (Å²) in [4.78, 5) is 1.52. The predicted molar refractivity (Wildman–Crippen MR) is 126 cm³/mol. The molecular weight excluding hydrogens is 529 g/mol. The van der Waals surface area contributed by atoms with Crippen LogP contribution >= 0.6 is 22.9 Å². The Morgan fingerprint density at radius 2 is 1.65 bits per heavy atom. The number of ether oxygens (including phenoxy) is 1. The minimum Gasteiger partial charge on any atom is -0.457 e. The maximum atomic E-state index is 12.1. The highest BCUT2D eigenvalue weighted by molar-refractivity contribution is 14.1. The number of halogens is 1. The van der Waals surface area contributed by atoms with E-state index in [0.717, 1.165) is 17.1 Å². The van der Waals surface area contributed by atoms with E-state index in [4.69, 9.17) is 4.74 Å². The maximum absolute atomic E-state index is 12.1. The van der Waals surface area contributed by atoms with Crippen molar-refractivity contribution in [2.45, 2.75) is 4.90 Å². The molecule has 0 bridgehead atoms. The van der Waals surface area contributed by atoms with Gasteiger partial charge in [0.25, 0.3) is 0 Å². The standard InChI is InChI=1S/C21H18IN5O3S/c1-26-24-21(23-25-26)19-14-18(31(2,28)29)12-13-20(19)27(22)15-8-10-17(11-9-15)30-16-6-4-3-5-7-16/h3-14H,1-2H3. The van der Waals surface area contributed by atoms with Gasteiger partial charge in [-0.25, -0.2) is 8.42 Å². The van der Waals surface area contributed by atoms with Gasteiger partial charge in [0.05, 0.1) is 46.2 Å². The molecule has 0 radical (unpaired) electrons. The van der Waals surface area contributed by atoms with Crippen molar-refractivity contribution in [3.63, 3.8) is 0 Å². The topological polar surface area (TPSA) is 90.2 Å². The summed E-state index contributed by atoms with van der Waals surface area (Å²) in [6.07, 6.45) is 1.17. The average molecular weight is 547 g/mol. The Hall–Kier alpha value is -2.99. The first-order chi connectivity index (χ1) is 14.8. The number of rotatable bonds is 6. The second-order valence-electron chi connectivity index (χ2n) is 6.74. The SMILES string of the molecule is Cn1nnc(-c2cc(S(C)(=O)=O)ccc2N(I)c2ccc(Oc3ccccc3)cc2)n1. The van der Waals surface area contributed by atoms with Crippen LogP contribution in [0.15, 0.2) is 77.7 Å². The molecule has 1 heterocycles. The van der Waals surface area contributed by atoms with Gasteiger partial charge in [-0.05, 0) is 59.8 Å². The molecule has 0 spiro atoms. The zero-order chi connectivity index (χ0) is 22.0. The zero-order valence-electron chi connectivity index (χ0n) is 16.7. The number of tetrazole rings is 1. The molecule has 10 heteroatoms. The molecular formula is C21H18IN5O3S. The summed E-state index contributed by atoms with van der Waals surface area (Å²) in [5, 5.41) is 12.2. The number of anilines is 2. The summed E-state index contributed by atoms with van der Waals surface area (Å²) in [5.41, 5.74) is 2.17. The lowest BCUT2D eigenvalue weighted by Gasteiger charge is -2.20. The van der Waals surface area contributed by atoms with E-state index in [2.05, 4.69) is 38.3 Å². The van der Waals surface area contributed by atoms with E-state index in [9.17, 15) is 8.42 Å². The Morgan fingerprint density at radius 1 is 0.968 bits per heavy atom. The first-order valence-electron chi connectivity index (χ1n) is 9.18. The summed E-state index contributed by atoms with van der Waals surface area (Å²) in [6, 6.07) is 22.0. The smallest absolute Gasteiger partial charge is 0.207 e. The summed E-state index contributed by atoms with van der Waals surface area (Å²) >= 11 is 2.16. The van der Waals surface area contributed by atoms with Gasteiger partial charge in [-0.3, -0.25) is 3.11 Å². The monoisotopic (exact) mass is 547 g/mol. The lowest BCUT2D eigenvalue weighted by Crippen LogP contribution is -2.05. The quantitative estimate of drug-likeness (QED) is 0.258. The van der Waals surface area contributed by atoms with Gasteiger partial charge in [-0.15, -0.1) is 10.2 Å². The molecule has 0 saturated carbocycles. The fourth-order valence-corrected chi connectivity index (χ4v) is 4.29. The molecule has 4 rings (SSSR count). The number of aromatic nitrogens is 4. The number of para-hydroxylation sites is 1. The Kier molecular flexibility index (Phi) is 5.92. The normalized spacial score (nSPS) is 11.3. The number of nitrogens with zero attached hydrogens (tertiary/aromatic N) is 5. The van der Waals surface area contributed by atoms with Crippen molar-refractivity contribution < 1.29 is 13.2 Å². The number of benzene rings is 3. The Morgan fingerprint density at radius 3 is 2.26 bits per heavy atom. The number of hydrogen-bond donors (Lipinski definition) is 0. The van der Waals surface area contributed by atoms with Crippen molar-refractivity contribution in [3.8, 4) is 22.9 Å². The van der Waals surface area contributed by atoms with Crippen molar-refractivity contribution in [2.75, 3.05) is 9.37 Å². The van der Waals surface area contributed by atoms with E-state index in [1.54, 1.807) is 25.2 Å². The van der Waals surface area contributed by atoms with Crippen LogP contribution < -0.4 is 7.85 Å². The van der Waals surface area contributed by atoms with Crippen LogP contribution in [0.4, 0.5) is 11.4 Å². The molecule has 0 saturated heterocycles. The largest absolute Gasteiger partial charge is 0.457 e. The van der Waals surface area contributed by atoms with Crippen molar-refractivity contribution >= 4 is 44.1 Å². The predicted octanol–water partition coefficient (Wildman–Crippen LogP) is 4.56. The van der Waals surface area contributed by atoms with Gasteiger partial charge < -0.3 is 4.74 Å². The minimum absolute atomic E-state index is 0.190. The fraction of sp³-hybridized carbons (Fsp3) is 0.0952. The molecule has 0 aliphatic rings. The summed E-state index contributed by atoms with van der Waals surface area (Å²) in [5.74, 6) is 1.81. The Balaban J connectivity index is 1.68. The number of aryl methyl sites for hydroxylation is 1. The Labute approximate surface area is 193 Å². The average Bonchev–Trinajstić information content (AvgIpc) is 3.20. The molecule has 0 fully saturated rings. The van der Waals surface area contributed by atoms with E-state index in [-0.39, 0.29) is 4.90 Å². The van der Waals surface area contributed by atoms with E-state index < -0.39 is 9.84 Å². The molecule has 158 valence electrons. The summed E-state index contributed by atoms with van der Waals surface area (Å²) in [6.45, 7) is 0. The van der Waals surface area contributed by atoms with Crippen LogP contribution in [-0.4, -0.2) is 34.9 Å². The van der Waals surface area contributed by atoms with Gasteiger partial charge >= 0.3 is 0 Å². The highest BCUT2D eigenvalue weighted by Crippen LogP contribution is 2.38. The highest BCUT2D eigenvalue weighted by Gasteiger charge is 2.19. The van der Waals surface area contributed by atoms with Gasteiger partial charge in [0.1, 0.15) is 11.5 Å².